The van der Waals surface area contributed by atoms with Crippen LogP contribution in [0.25, 0.3) is 0 Å². The van der Waals surface area contributed by atoms with Crippen molar-refractivity contribution in [1.29, 1.82) is 0 Å². The largest absolute Gasteiger partial charge is 0.453 e. The number of hydrogen-bond donors (Lipinski definition) is 0. The number of ether oxygens (including phenoxy) is 1. The van der Waals surface area contributed by atoms with Crippen LogP contribution in [0.1, 0.15) is 17.0 Å². The average Bonchev–Trinajstić information content (AvgIpc) is 2.57. The summed E-state index contributed by atoms with van der Waals surface area (Å²) in [6.45, 7) is 3.92. The normalized spacial score (nSPS) is 10.6. The van der Waals surface area contributed by atoms with Gasteiger partial charge in [-0.15, -0.1) is 11.6 Å². The summed E-state index contributed by atoms with van der Waals surface area (Å²) in [7, 11) is 1.91. The van der Waals surface area contributed by atoms with Crippen LogP contribution in [-0.2, 0) is 12.9 Å². The van der Waals surface area contributed by atoms with Gasteiger partial charge in [0.25, 0.3) is 0 Å². The Balaban J connectivity index is 2.38. The molecule has 0 aliphatic carbocycles. The van der Waals surface area contributed by atoms with Crippen molar-refractivity contribution in [2.75, 3.05) is 0 Å². The summed E-state index contributed by atoms with van der Waals surface area (Å²) in [5.74, 6) is 2.04. The van der Waals surface area contributed by atoms with Crippen LogP contribution < -0.4 is 4.74 Å². The third kappa shape index (κ3) is 2.29. The predicted octanol–water partition coefficient (Wildman–Crippen LogP) is 3.57. The predicted molar refractivity (Wildman–Crippen MR) is 68.8 cm³/mol. The molecule has 2 aromatic rings. The summed E-state index contributed by atoms with van der Waals surface area (Å²) < 4.78 is 7.73. The number of alkyl halides is 1. The molecule has 1 heterocycles. The molecule has 17 heavy (non-hydrogen) atoms. The highest BCUT2D eigenvalue weighted by molar-refractivity contribution is 6.17. The summed E-state index contributed by atoms with van der Waals surface area (Å²) in [5.41, 5.74) is 2.87. The van der Waals surface area contributed by atoms with Crippen molar-refractivity contribution >= 4 is 11.6 Å². The molecule has 90 valence electrons. The average molecular weight is 251 g/mol. The van der Waals surface area contributed by atoms with Gasteiger partial charge in [0.1, 0.15) is 11.4 Å². The maximum Gasteiger partial charge on any atom is 0.171 e. The van der Waals surface area contributed by atoms with E-state index in [1.165, 1.54) is 0 Å². The second-order valence-electron chi connectivity index (χ2n) is 3.97. The van der Waals surface area contributed by atoms with Crippen LogP contribution in [0.3, 0.4) is 0 Å². The molecule has 0 atom stereocenters. The van der Waals surface area contributed by atoms with Crippen LogP contribution in [0.2, 0.25) is 0 Å². The lowest BCUT2D eigenvalue weighted by Crippen LogP contribution is -1.94. The fourth-order valence-electron chi connectivity index (χ4n) is 1.73. The van der Waals surface area contributed by atoms with E-state index in [1.807, 2.05) is 49.8 Å². The molecule has 0 radical (unpaired) electrons. The molecule has 0 bridgehead atoms. The molecular weight excluding hydrogens is 236 g/mol. The first-order valence-corrected chi connectivity index (χ1v) is 5.99. The second kappa shape index (κ2) is 4.80. The first kappa shape index (κ1) is 12.0. The van der Waals surface area contributed by atoms with Crippen LogP contribution in [0.5, 0.6) is 11.5 Å². The molecule has 0 saturated heterocycles. The molecule has 2 rings (SSSR count). The quantitative estimate of drug-likeness (QED) is 0.779. The molecule has 0 fully saturated rings. The molecule has 0 saturated carbocycles. The standard InChI is InChI=1S/C13H15ClN2O/c1-9-13(10(2)16(3)15-9)17-12-7-5-4-6-11(12)8-14/h4-7H,8H2,1-3H3. The van der Waals surface area contributed by atoms with E-state index in [4.69, 9.17) is 16.3 Å². The van der Waals surface area contributed by atoms with Gasteiger partial charge in [0.15, 0.2) is 5.75 Å². The first-order chi connectivity index (χ1) is 8.13. The number of para-hydroxylation sites is 1. The molecule has 0 N–H and O–H groups in total. The topological polar surface area (TPSA) is 27.1 Å². The fraction of sp³-hybridized carbons (Fsp3) is 0.308. The highest BCUT2D eigenvalue weighted by atomic mass is 35.5. The Hall–Kier alpha value is -1.48. The molecule has 0 aliphatic heterocycles. The summed E-state index contributed by atoms with van der Waals surface area (Å²) in [4.78, 5) is 0. The molecule has 1 aromatic heterocycles. The number of hydrogen-bond acceptors (Lipinski definition) is 2. The minimum atomic E-state index is 0.439. The van der Waals surface area contributed by atoms with Crippen LogP contribution in [-0.4, -0.2) is 9.78 Å². The molecule has 0 spiro atoms. The van der Waals surface area contributed by atoms with Crippen molar-refractivity contribution in [2.45, 2.75) is 19.7 Å². The Morgan fingerprint density at radius 3 is 2.59 bits per heavy atom. The zero-order valence-electron chi connectivity index (χ0n) is 10.2. The third-order valence-electron chi connectivity index (χ3n) is 2.77. The van der Waals surface area contributed by atoms with Crippen molar-refractivity contribution in [3.8, 4) is 11.5 Å². The highest BCUT2D eigenvalue weighted by Crippen LogP contribution is 2.30. The monoisotopic (exact) mass is 250 g/mol. The Morgan fingerprint density at radius 2 is 2.00 bits per heavy atom. The molecule has 4 heteroatoms. The van der Waals surface area contributed by atoms with Gasteiger partial charge in [-0.25, -0.2) is 0 Å². The van der Waals surface area contributed by atoms with E-state index in [9.17, 15) is 0 Å². The van der Waals surface area contributed by atoms with Gasteiger partial charge in [-0.2, -0.15) is 5.10 Å². The van der Waals surface area contributed by atoms with Crippen molar-refractivity contribution < 1.29 is 4.74 Å². The van der Waals surface area contributed by atoms with E-state index >= 15 is 0 Å². The van der Waals surface area contributed by atoms with Crippen LogP contribution >= 0.6 is 11.6 Å². The second-order valence-corrected chi connectivity index (χ2v) is 4.23. The maximum absolute atomic E-state index is 5.92. The van der Waals surface area contributed by atoms with Crippen LogP contribution in [0.4, 0.5) is 0 Å². The Morgan fingerprint density at radius 1 is 1.29 bits per heavy atom. The van der Waals surface area contributed by atoms with Crippen molar-refractivity contribution in [1.82, 2.24) is 9.78 Å². The van der Waals surface area contributed by atoms with Crippen molar-refractivity contribution in [3.05, 3.63) is 41.2 Å². The minimum Gasteiger partial charge on any atom is -0.453 e. The Bertz CT molecular complexity index is 534. The molecule has 0 aliphatic rings. The smallest absolute Gasteiger partial charge is 0.171 e. The van der Waals surface area contributed by atoms with Crippen LogP contribution in [0, 0.1) is 13.8 Å². The molecule has 0 unspecified atom stereocenters. The van der Waals surface area contributed by atoms with E-state index in [0.29, 0.717) is 5.88 Å². The summed E-state index contributed by atoms with van der Waals surface area (Å²) >= 11 is 5.88. The van der Waals surface area contributed by atoms with Gasteiger partial charge < -0.3 is 4.74 Å². The van der Waals surface area contributed by atoms with E-state index < -0.39 is 0 Å². The van der Waals surface area contributed by atoms with E-state index in [2.05, 4.69) is 5.10 Å². The number of aryl methyl sites for hydroxylation is 2. The van der Waals surface area contributed by atoms with Gasteiger partial charge in [-0.3, -0.25) is 4.68 Å². The number of rotatable bonds is 3. The molecule has 1 aromatic carbocycles. The number of aromatic nitrogens is 2. The summed E-state index contributed by atoms with van der Waals surface area (Å²) in [6.07, 6.45) is 0. The Labute approximate surface area is 106 Å². The van der Waals surface area contributed by atoms with Crippen molar-refractivity contribution in [3.63, 3.8) is 0 Å². The van der Waals surface area contributed by atoms with E-state index in [1.54, 1.807) is 0 Å². The minimum absolute atomic E-state index is 0.439. The number of halogens is 1. The molecule has 3 nitrogen and oxygen atoms in total. The lowest BCUT2D eigenvalue weighted by atomic mass is 10.2. The first-order valence-electron chi connectivity index (χ1n) is 5.45. The summed E-state index contributed by atoms with van der Waals surface area (Å²) in [5, 5.41) is 4.32. The van der Waals surface area contributed by atoms with Gasteiger partial charge in [-0.05, 0) is 19.9 Å². The van der Waals surface area contributed by atoms with Gasteiger partial charge in [0.05, 0.1) is 11.6 Å². The SMILES string of the molecule is Cc1nn(C)c(C)c1Oc1ccccc1CCl. The number of benzene rings is 1. The van der Waals surface area contributed by atoms with Gasteiger partial charge >= 0.3 is 0 Å². The fourth-order valence-corrected chi connectivity index (χ4v) is 1.95. The van der Waals surface area contributed by atoms with Crippen molar-refractivity contribution in [2.24, 2.45) is 7.05 Å². The molecular formula is C13H15ClN2O. The van der Waals surface area contributed by atoms with E-state index in [0.717, 1.165) is 28.5 Å². The lowest BCUT2D eigenvalue weighted by molar-refractivity contribution is 0.470. The zero-order chi connectivity index (χ0) is 12.4. The van der Waals surface area contributed by atoms with Crippen LogP contribution in [0.15, 0.2) is 24.3 Å². The highest BCUT2D eigenvalue weighted by Gasteiger charge is 2.13. The summed E-state index contributed by atoms with van der Waals surface area (Å²) in [6, 6.07) is 7.77. The maximum atomic E-state index is 5.92. The van der Waals surface area contributed by atoms with Gasteiger partial charge in [-0.1, -0.05) is 18.2 Å². The van der Waals surface area contributed by atoms with Gasteiger partial charge in [0, 0.05) is 12.6 Å². The zero-order valence-corrected chi connectivity index (χ0v) is 11.0. The van der Waals surface area contributed by atoms with E-state index in [-0.39, 0.29) is 0 Å². The lowest BCUT2D eigenvalue weighted by Gasteiger charge is -2.09. The number of nitrogens with zero attached hydrogens (tertiary/aromatic N) is 2. The Kier molecular flexibility index (Phi) is 3.38. The molecule has 0 amide bonds. The van der Waals surface area contributed by atoms with Gasteiger partial charge in [0.2, 0.25) is 0 Å². The third-order valence-corrected chi connectivity index (χ3v) is 3.06.